The maximum absolute atomic E-state index is 13.4. The minimum absolute atomic E-state index is 0.0113. The van der Waals surface area contributed by atoms with Crippen molar-refractivity contribution in [2.45, 2.75) is 31.6 Å². The summed E-state index contributed by atoms with van der Waals surface area (Å²) < 4.78 is 16.9. The number of hydrogen-bond donors (Lipinski definition) is 1. The second-order valence-corrected chi connectivity index (χ2v) is 9.30. The number of amides is 2. The Morgan fingerprint density at radius 1 is 1.12 bits per heavy atom. The van der Waals surface area contributed by atoms with E-state index in [2.05, 4.69) is 5.32 Å². The zero-order chi connectivity index (χ0) is 23.9. The zero-order valence-corrected chi connectivity index (χ0v) is 19.7. The minimum atomic E-state index is -0.703. The number of aryl methyl sites for hydroxylation is 1. The standard InChI is InChI=1S/C27H30N2O5/c1-17-4-6-19(7-5-17)15-28-25(30)23-21-10-12-27(34-21)16-29(26(31)24(23)27)13-11-18-8-9-20(32-2)22(14-18)33-3/h4-10,12,14,21,23-24H,11,13,15-16H2,1-3H3,(H,28,30)/t21-,23+,24-,27-/m0/s1. The van der Waals surface area contributed by atoms with Crippen molar-refractivity contribution in [2.24, 2.45) is 11.8 Å². The number of hydrogen-bond acceptors (Lipinski definition) is 5. The molecular formula is C27H30N2O5. The van der Waals surface area contributed by atoms with Gasteiger partial charge >= 0.3 is 0 Å². The van der Waals surface area contributed by atoms with Gasteiger partial charge < -0.3 is 24.4 Å². The number of nitrogens with one attached hydrogen (secondary N) is 1. The molecule has 2 fully saturated rings. The van der Waals surface area contributed by atoms with E-state index in [-0.39, 0.29) is 17.9 Å². The molecule has 7 heteroatoms. The largest absolute Gasteiger partial charge is 0.493 e. The summed E-state index contributed by atoms with van der Waals surface area (Å²) in [5.74, 6) is 0.213. The molecule has 0 aliphatic carbocycles. The van der Waals surface area contributed by atoms with Crippen molar-refractivity contribution in [3.63, 3.8) is 0 Å². The van der Waals surface area contributed by atoms with Crippen LogP contribution in [0.3, 0.4) is 0 Å². The molecule has 2 aromatic carbocycles. The summed E-state index contributed by atoms with van der Waals surface area (Å²) in [5.41, 5.74) is 2.55. The summed E-state index contributed by atoms with van der Waals surface area (Å²) >= 11 is 0. The highest BCUT2D eigenvalue weighted by atomic mass is 16.5. The van der Waals surface area contributed by atoms with E-state index in [9.17, 15) is 9.59 Å². The van der Waals surface area contributed by atoms with Gasteiger partial charge in [0.05, 0.1) is 38.7 Å². The van der Waals surface area contributed by atoms with Crippen molar-refractivity contribution in [3.8, 4) is 11.5 Å². The highest BCUT2D eigenvalue weighted by Gasteiger charge is 2.66. The average Bonchev–Trinajstić information content (AvgIpc) is 3.50. The van der Waals surface area contributed by atoms with Gasteiger partial charge in [-0.15, -0.1) is 0 Å². The van der Waals surface area contributed by atoms with E-state index >= 15 is 0 Å². The predicted octanol–water partition coefficient (Wildman–Crippen LogP) is 2.65. The van der Waals surface area contributed by atoms with Crippen LogP contribution in [0.4, 0.5) is 0 Å². The zero-order valence-electron chi connectivity index (χ0n) is 19.7. The number of methoxy groups -OCH3 is 2. The molecule has 3 heterocycles. The van der Waals surface area contributed by atoms with Crippen molar-refractivity contribution in [2.75, 3.05) is 27.3 Å². The molecule has 0 aromatic heterocycles. The lowest BCUT2D eigenvalue weighted by molar-refractivity contribution is -0.137. The smallest absolute Gasteiger partial charge is 0.230 e. The van der Waals surface area contributed by atoms with Crippen LogP contribution >= 0.6 is 0 Å². The molecule has 2 saturated heterocycles. The van der Waals surface area contributed by atoms with Gasteiger partial charge in [-0.3, -0.25) is 9.59 Å². The number of benzene rings is 2. The summed E-state index contributed by atoms with van der Waals surface area (Å²) in [6.45, 7) is 3.48. The lowest BCUT2D eigenvalue weighted by Gasteiger charge is -2.23. The Balaban J connectivity index is 1.25. The molecule has 0 saturated carbocycles. The third kappa shape index (κ3) is 3.84. The van der Waals surface area contributed by atoms with Crippen LogP contribution in [-0.2, 0) is 27.3 Å². The van der Waals surface area contributed by atoms with Gasteiger partial charge in [0.1, 0.15) is 5.60 Å². The van der Waals surface area contributed by atoms with Gasteiger partial charge in [0.2, 0.25) is 11.8 Å². The third-order valence-electron chi connectivity index (χ3n) is 7.19. The number of likely N-dealkylation sites (tertiary alicyclic amines) is 1. The van der Waals surface area contributed by atoms with Crippen LogP contribution in [0.15, 0.2) is 54.6 Å². The highest BCUT2D eigenvalue weighted by molar-refractivity contribution is 5.93. The first-order valence-electron chi connectivity index (χ1n) is 11.6. The summed E-state index contributed by atoms with van der Waals surface area (Å²) in [4.78, 5) is 28.4. The molecule has 0 radical (unpaired) electrons. The first-order chi connectivity index (χ1) is 16.4. The predicted molar refractivity (Wildman–Crippen MR) is 127 cm³/mol. The van der Waals surface area contributed by atoms with Crippen molar-refractivity contribution in [3.05, 3.63) is 71.3 Å². The molecule has 2 aromatic rings. The second kappa shape index (κ2) is 8.80. The Morgan fingerprint density at radius 2 is 1.85 bits per heavy atom. The van der Waals surface area contributed by atoms with Crippen LogP contribution < -0.4 is 14.8 Å². The minimum Gasteiger partial charge on any atom is -0.493 e. The van der Waals surface area contributed by atoms with Crippen LogP contribution in [0.25, 0.3) is 0 Å². The number of carbonyl (C=O) groups is 2. The maximum atomic E-state index is 13.4. The molecule has 3 aliphatic rings. The Morgan fingerprint density at radius 3 is 2.59 bits per heavy atom. The van der Waals surface area contributed by atoms with Crippen molar-refractivity contribution in [1.82, 2.24) is 10.2 Å². The molecule has 3 aliphatic heterocycles. The molecule has 34 heavy (non-hydrogen) atoms. The van der Waals surface area contributed by atoms with Crippen molar-refractivity contribution < 1.29 is 23.8 Å². The number of carbonyl (C=O) groups excluding carboxylic acids is 2. The molecule has 0 unspecified atom stereocenters. The molecule has 7 nitrogen and oxygen atoms in total. The summed E-state index contributed by atoms with van der Waals surface area (Å²) in [7, 11) is 3.21. The van der Waals surface area contributed by atoms with Crippen LogP contribution in [0.5, 0.6) is 11.5 Å². The maximum Gasteiger partial charge on any atom is 0.230 e. The van der Waals surface area contributed by atoms with Gasteiger partial charge in [-0.1, -0.05) is 48.0 Å². The lowest BCUT2D eigenvalue weighted by Crippen LogP contribution is -2.44. The molecule has 4 atom stereocenters. The topological polar surface area (TPSA) is 77.1 Å². The Labute approximate surface area is 199 Å². The first kappa shape index (κ1) is 22.5. The molecule has 5 rings (SSSR count). The second-order valence-electron chi connectivity index (χ2n) is 9.30. The van der Waals surface area contributed by atoms with E-state index in [0.29, 0.717) is 37.6 Å². The molecule has 2 amide bonds. The third-order valence-corrected chi connectivity index (χ3v) is 7.19. The monoisotopic (exact) mass is 462 g/mol. The normalized spacial score (nSPS) is 26.6. The fourth-order valence-electron chi connectivity index (χ4n) is 5.38. The van der Waals surface area contributed by atoms with E-state index in [1.165, 1.54) is 5.56 Å². The SMILES string of the molecule is COc1ccc(CCN2C[C@]34C=C[C@H](O3)[C@@H](C(=O)NCc3ccc(C)cc3)[C@H]4C2=O)cc1OC. The fourth-order valence-corrected chi connectivity index (χ4v) is 5.38. The Kier molecular flexibility index (Phi) is 5.81. The van der Waals surface area contributed by atoms with Crippen molar-refractivity contribution in [1.29, 1.82) is 0 Å². The van der Waals surface area contributed by atoms with E-state index in [0.717, 1.165) is 11.1 Å². The van der Waals surface area contributed by atoms with Crippen LogP contribution in [0.1, 0.15) is 16.7 Å². The quantitative estimate of drug-likeness (QED) is 0.611. The van der Waals surface area contributed by atoms with E-state index in [1.54, 1.807) is 14.2 Å². The number of rotatable bonds is 8. The van der Waals surface area contributed by atoms with Gasteiger partial charge in [0, 0.05) is 13.1 Å². The van der Waals surface area contributed by atoms with Crippen molar-refractivity contribution >= 4 is 11.8 Å². The molecule has 1 spiro atoms. The van der Waals surface area contributed by atoms with Gasteiger partial charge in [-0.05, 0) is 36.6 Å². The van der Waals surface area contributed by atoms with Crippen LogP contribution in [0.2, 0.25) is 0 Å². The number of ether oxygens (including phenoxy) is 3. The van der Waals surface area contributed by atoms with Gasteiger partial charge in [0.25, 0.3) is 0 Å². The first-order valence-corrected chi connectivity index (χ1v) is 11.6. The average molecular weight is 463 g/mol. The molecule has 1 N–H and O–H groups in total. The molecular weight excluding hydrogens is 432 g/mol. The van der Waals surface area contributed by atoms with Crippen LogP contribution in [-0.4, -0.2) is 55.7 Å². The highest BCUT2D eigenvalue weighted by Crippen LogP contribution is 2.51. The summed E-state index contributed by atoms with van der Waals surface area (Å²) in [6.07, 6.45) is 4.25. The van der Waals surface area contributed by atoms with Crippen LogP contribution in [0, 0.1) is 18.8 Å². The van der Waals surface area contributed by atoms with Gasteiger partial charge in [-0.2, -0.15) is 0 Å². The fraction of sp³-hybridized carbons (Fsp3) is 0.407. The molecule has 2 bridgehead atoms. The molecule has 178 valence electrons. The summed E-state index contributed by atoms with van der Waals surface area (Å²) in [6, 6.07) is 13.8. The van der Waals surface area contributed by atoms with Gasteiger partial charge in [0.15, 0.2) is 11.5 Å². The Bertz CT molecular complexity index is 1130. The summed E-state index contributed by atoms with van der Waals surface area (Å²) in [5, 5.41) is 3.02. The lowest BCUT2D eigenvalue weighted by atomic mass is 9.77. The van der Waals surface area contributed by atoms with E-state index in [4.69, 9.17) is 14.2 Å². The van der Waals surface area contributed by atoms with E-state index in [1.807, 2.05) is 66.4 Å². The number of nitrogens with zero attached hydrogens (tertiary/aromatic N) is 1. The Hall–Kier alpha value is -3.32. The van der Waals surface area contributed by atoms with E-state index < -0.39 is 17.4 Å². The number of fused-ring (bicyclic) bond motifs is 1. The van der Waals surface area contributed by atoms with Gasteiger partial charge in [-0.25, -0.2) is 0 Å².